The first-order valence-corrected chi connectivity index (χ1v) is 6.41. The molecule has 1 aromatic carbocycles. The third-order valence-corrected chi connectivity index (χ3v) is 2.85. The molecule has 0 unspecified atom stereocenters. The second-order valence-electron chi connectivity index (χ2n) is 4.07. The van der Waals surface area contributed by atoms with Gasteiger partial charge in [0.15, 0.2) is 0 Å². The van der Waals surface area contributed by atoms with Gasteiger partial charge in [-0.05, 0) is 24.7 Å². The van der Waals surface area contributed by atoms with Crippen molar-refractivity contribution in [1.82, 2.24) is 5.32 Å². The van der Waals surface area contributed by atoms with Crippen molar-refractivity contribution in [2.45, 2.75) is 20.1 Å². The first-order valence-electron chi connectivity index (χ1n) is 6.04. The minimum Gasteiger partial charge on any atom is -0.486 e. The van der Waals surface area contributed by atoms with Crippen LogP contribution in [0.1, 0.15) is 18.2 Å². The molecule has 0 bridgehead atoms. The second-order valence-corrected chi connectivity index (χ2v) is 4.47. The lowest BCUT2D eigenvalue weighted by molar-refractivity contribution is 0.270. The zero-order valence-electron chi connectivity index (χ0n) is 10.6. The summed E-state index contributed by atoms with van der Waals surface area (Å²) >= 11 is 5.67. The first-order chi connectivity index (χ1) is 9.19. The van der Waals surface area contributed by atoms with Crippen LogP contribution in [-0.2, 0) is 13.2 Å². The second kappa shape index (κ2) is 6.59. The van der Waals surface area contributed by atoms with Crippen molar-refractivity contribution in [2.75, 3.05) is 6.54 Å². The summed E-state index contributed by atoms with van der Waals surface area (Å²) in [6.45, 7) is 4.00. The maximum atomic E-state index is 13.0. The van der Waals surface area contributed by atoms with Gasteiger partial charge >= 0.3 is 0 Å². The van der Waals surface area contributed by atoms with E-state index < -0.39 is 5.82 Å². The van der Waals surface area contributed by atoms with Crippen molar-refractivity contribution in [1.29, 1.82) is 0 Å². The Bertz CT molecular complexity index is 542. The summed E-state index contributed by atoms with van der Waals surface area (Å²) in [4.78, 5) is 0. The molecule has 1 heterocycles. The van der Waals surface area contributed by atoms with E-state index in [-0.39, 0.29) is 11.6 Å². The Kier molecular flexibility index (Phi) is 4.82. The molecule has 2 aromatic rings. The van der Waals surface area contributed by atoms with E-state index in [4.69, 9.17) is 20.8 Å². The van der Waals surface area contributed by atoms with Crippen molar-refractivity contribution >= 4 is 11.6 Å². The molecule has 0 atom stereocenters. The number of hydrogen-bond donors (Lipinski definition) is 1. The van der Waals surface area contributed by atoms with E-state index in [1.54, 1.807) is 6.26 Å². The van der Waals surface area contributed by atoms with Gasteiger partial charge in [0.2, 0.25) is 0 Å². The molecule has 3 nitrogen and oxygen atoms in total. The molecular formula is C14H15ClFNO2. The number of hydrogen-bond acceptors (Lipinski definition) is 3. The van der Waals surface area contributed by atoms with Crippen LogP contribution in [0.2, 0.25) is 5.02 Å². The lowest BCUT2D eigenvalue weighted by Gasteiger charge is -2.04. The van der Waals surface area contributed by atoms with E-state index in [0.29, 0.717) is 11.5 Å². The van der Waals surface area contributed by atoms with Gasteiger partial charge in [0.1, 0.15) is 23.9 Å². The molecule has 0 aliphatic carbocycles. The highest BCUT2D eigenvalue weighted by atomic mass is 35.5. The van der Waals surface area contributed by atoms with Crippen LogP contribution in [0.25, 0.3) is 0 Å². The van der Waals surface area contributed by atoms with Gasteiger partial charge in [-0.3, -0.25) is 0 Å². The largest absolute Gasteiger partial charge is 0.486 e. The number of furan rings is 1. The SMILES string of the molecule is CCNCc1coc(COc2ccc(F)c(Cl)c2)c1. The fourth-order valence-corrected chi connectivity index (χ4v) is 1.76. The van der Waals surface area contributed by atoms with Crippen LogP contribution in [0.15, 0.2) is 34.9 Å². The van der Waals surface area contributed by atoms with Gasteiger partial charge in [-0.15, -0.1) is 0 Å². The van der Waals surface area contributed by atoms with Crippen LogP contribution < -0.4 is 10.1 Å². The summed E-state index contributed by atoms with van der Waals surface area (Å²) < 4.78 is 23.8. The van der Waals surface area contributed by atoms with E-state index in [1.807, 2.05) is 13.0 Å². The summed E-state index contributed by atoms with van der Waals surface area (Å²) in [5.41, 5.74) is 1.07. The van der Waals surface area contributed by atoms with Crippen molar-refractivity contribution < 1.29 is 13.5 Å². The van der Waals surface area contributed by atoms with Crippen molar-refractivity contribution in [2.24, 2.45) is 0 Å². The summed E-state index contributed by atoms with van der Waals surface area (Å²) in [5.74, 6) is 0.768. The van der Waals surface area contributed by atoms with Crippen LogP contribution in [-0.4, -0.2) is 6.54 Å². The Morgan fingerprint density at radius 1 is 1.37 bits per heavy atom. The summed E-state index contributed by atoms with van der Waals surface area (Å²) in [7, 11) is 0. The highest BCUT2D eigenvalue weighted by Crippen LogP contribution is 2.22. The number of benzene rings is 1. The summed E-state index contributed by atoms with van der Waals surface area (Å²) in [5, 5.41) is 3.25. The lowest BCUT2D eigenvalue weighted by Crippen LogP contribution is -2.10. The number of ether oxygens (including phenoxy) is 1. The molecule has 102 valence electrons. The molecule has 0 spiro atoms. The number of halogens is 2. The van der Waals surface area contributed by atoms with Crippen molar-refractivity contribution in [3.05, 3.63) is 52.7 Å². The highest BCUT2D eigenvalue weighted by molar-refractivity contribution is 6.30. The van der Waals surface area contributed by atoms with E-state index in [2.05, 4.69) is 5.32 Å². The fraction of sp³-hybridized carbons (Fsp3) is 0.286. The van der Waals surface area contributed by atoms with Crippen molar-refractivity contribution in [3.63, 3.8) is 0 Å². The Balaban J connectivity index is 1.91. The Hall–Kier alpha value is -1.52. The van der Waals surface area contributed by atoms with Crippen LogP contribution in [0.3, 0.4) is 0 Å². The van der Waals surface area contributed by atoms with Crippen LogP contribution in [0.4, 0.5) is 4.39 Å². The minimum absolute atomic E-state index is 0.0461. The molecule has 1 N–H and O–H groups in total. The maximum absolute atomic E-state index is 13.0. The molecular weight excluding hydrogens is 269 g/mol. The van der Waals surface area contributed by atoms with Gasteiger partial charge in [-0.25, -0.2) is 4.39 Å². The van der Waals surface area contributed by atoms with Crippen LogP contribution in [0.5, 0.6) is 5.75 Å². The molecule has 0 saturated heterocycles. The molecule has 19 heavy (non-hydrogen) atoms. The molecule has 0 saturated carbocycles. The molecule has 0 aliphatic heterocycles. The lowest BCUT2D eigenvalue weighted by atomic mass is 10.3. The minimum atomic E-state index is -0.458. The molecule has 2 rings (SSSR count). The van der Waals surface area contributed by atoms with E-state index in [1.165, 1.54) is 18.2 Å². The standard InChI is InChI=1S/C14H15ClFNO2/c1-2-17-7-10-5-12(18-8-10)9-19-11-3-4-14(16)13(15)6-11/h3-6,8,17H,2,7,9H2,1H3. The Labute approximate surface area is 116 Å². The number of rotatable bonds is 6. The molecule has 0 fully saturated rings. The number of nitrogens with one attached hydrogen (secondary N) is 1. The quantitative estimate of drug-likeness (QED) is 0.876. The average molecular weight is 284 g/mol. The smallest absolute Gasteiger partial charge is 0.146 e. The normalized spacial score (nSPS) is 10.7. The van der Waals surface area contributed by atoms with E-state index >= 15 is 0 Å². The first kappa shape index (κ1) is 13.9. The third kappa shape index (κ3) is 3.98. The van der Waals surface area contributed by atoms with Gasteiger partial charge < -0.3 is 14.5 Å². The topological polar surface area (TPSA) is 34.4 Å². The zero-order chi connectivity index (χ0) is 13.7. The van der Waals surface area contributed by atoms with Gasteiger partial charge in [-0.1, -0.05) is 18.5 Å². The molecule has 0 aliphatic rings. The predicted molar refractivity (Wildman–Crippen MR) is 71.8 cm³/mol. The van der Waals surface area contributed by atoms with Gasteiger partial charge in [0.25, 0.3) is 0 Å². The van der Waals surface area contributed by atoms with Crippen LogP contribution in [0, 0.1) is 5.82 Å². The monoisotopic (exact) mass is 283 g/mol. The Morgan fingerprint density at radius 2 is 2.21 bits per heavy atom. The third-order valence-electron chi connectivity index (χ3n) is 2.56. The fourth-order valence-electron chi connectivity index (χ4n) is 1.59. The highest BCUT2D eigenvalue weighted by Gasteiger charge is 2.05. The Morgan fingerprint density at radius 3 is 2.95 bits per heavy atom. The van der Waals surface area contributed by atoms with Crippen LogP contribution >= 0.6 is 11.6 Å². The zero-order valence-corrected chi connectivity index (χ0v) is 11.3. The summed E-state index contributed by atoms with van der Waals surface area (Å²) in [6, 6.07) is 6.17. The maximum Gasteiger partial charge on any atom is 0.146 e. The molecule has 5 heteroatoms. The van der Waals surface area contributed by atoms with Crippen molar-refractivity contribution in [3.8, 4) is 5.75 Å². The van der Waals surface area contributed by atoms with Gasteiger partial charge in [0.05, 0.1) is 11.3 Å². The van der Waals surface area contributed by atoms with Gasteiger partial charge in [0, 0.05) is 18.2 Å². The predicted octanol–water partition coefficient (Wildman–Crippen LogP) is 3.76. The van der Waals surface area contributed by atoms with E-state index in [9.17, 15) is 4.39 Å². The average Bonchev–Trinajstić information content (AvgIpc) is 2.86. The van der Waals surface area contributed by atoms with Gasteiger partial charge in [-0.2, -0.15) is 0 Å². The van der Waals surface area contributed by atoms with E-state index in [0.717, 1.165) is 18.7 Å². The molecule has 1 aromatic heterocycles. The molecule has 0 radical (unpaired) electrons. The molecule has 0 amide bonds. The summed E-state index contributed by atoms with van der Waals surface area (Å²) in [6.07, 6.45) is 1.69.